The molecule has 0 unspecified atom stereocenters. The van der Waals surface area contributed by atoms with Gasteiger partial charge in [0, 0.05) is 17.8 Å². The van der Waals surface area contributed by atoms with Crippen LogP contribution < -0.4 is 0 Å². The van der Waals surface area contributed by atoms with Gasteiger partial charge >= 0.3 is 17.9 Å². The Morgan fingerprint density at radius 2 is 1.50 bits per heavy atom. The van der Waals surface area contributed by atoms with Crippen molar-refractivity contribution >= 4 is 17.9 Å². The Kier molecular flexibility index (Phi) is 7.62. The monoisotopic (exact) mass is 606 g/mol. The summed E-state index contributed by atoms with van der Waals surface area (Å²) < 4.78 is 11.9. The Bertz CT molecular complexity index is 1360. The van der Waals surface area contributed by atoms with Gasteiger partial charge in [-0.15, -0.1) is 0 Å². The van der Waals surface area contributed by atoms with Gasteiger partial charge in [0.05, 0.1) is 11.1 Å². The van der Waals surface area contributed by atoms with Crippen LogP contribution in [0.4, 0.5) is 0 Å². The van der Waals surface area contributed by atoms with Gasteiger partial charge in [-0.25, -0.2) is 14.4 Å². The minimum absolute atomic E-state index is 0.0463. The van der Waals surface area contributed by atoms with Crippen LogP contribution in [0.1, 0.15) is 120 Å². The molecule has 0 spiro atoms. The maximum atomic E-state index is 13.2. The van der Waals surface area contributed by atoms with E-state index in [0.717, 1.165) is 56.9 Å². The van der Waals surface area contributed by atoms with Gasteiger partial charge in [-0.2, -0.15) is 0 Å². The molecule has 5 aliphatic rings. The molecule has 0 aromatic heterocycles. The van der Waals surface area contributed by atoms with E-state index in [4.69, 9.17) is 9.47 Å². The third-order valence-corrected chi connectivity index (χ3v) is 13.4. The SMILES string of the molecule is CC(C)=C[C@@H]1C[C@](O)([C@H]2CC[C@@H]3[C@@H]2CC[C@H]2[C@@]3(C)CC[C@H]3C(C)(C)[C@@H](OC(=O)c4ccc(C(=O)O)cc4)CC[C@]23C)C(=O)O1. The normalized spacial score (nSPS) is 42.3. The molecule has 0 amide bonds. The number of benzene rings is 1. The number of esters is 2. The average Bonchev–Trinajstić information content (AvgIpc) is 3.51. The molecule has 6 rings (SSSR count). The van der Waals surface area contributed by atoms with Gasteiger partial charge in [0.2, 0.25) is 0 Å². The average molecular weight is 607 g/mol. The molecule has 44 heavy (non-hydrogen) atoms. The predicted octanol–water partition coefficient (Wildman–Crippen LogP) is 7.22. The topological polar surface area (TPSA) is 110 Å². The van der Waals surface area contributed by atoms with Crippen molar-refractivity contribution in [3.8, 4) is 0 Å². The van der Waals surface area contributed by atoms with Gasteiger partial charge in [0.15, 0.2) is 5.60 Å². The van der Waals surface area contributed by atoms with Crippen LogP contribution in [-0.2, 0) is 14.3 Å². The highest BCUT2D eigenvalue weighted by molar-refractivity contribution is 5.92. The fourth-order valence-electron chi connectivity index (χ4n) is 11.5. The molecule has 0 radical (unpaired) electrons. The number of aromatic carboxylic acids is 1. The third kappa shape index (κ3) is 4.75. The standard InChI is InChI=1S/C37H50O7/c1-21(2)19-24-20-37(42,33(41)43-24)27-13-12-26-25(27)11-14-29-35(26,5)17-15-28-34(3,4)30(16-18-36(28,29)6)44-32(40)23-9-7-22(8-10-23)31(38)39/h7-10,19,24-30,42H,11-18,20H2,1-6H3,(H,38,39)/t24-,25+,26-,27+,28+,29+,30+,35+,36+,37+/m1/s1. The number of ether oxygens (including phenoxy) is 2. The number of aliphatic hydroxyl groups is 1. The molecule has 5 fully saturated rings. The van der Waals surface area contributed by atoms with E-state index in [9.17, 15) is 24.6 Å². The summed E-state index contributed by atoms with van der Waals surface area (Å²) in [6, 6.07) is 5.97. The van der Waals surface area contributed by atoms with E-state index < -0.39 is 23.5 Å². The third-order valence-electron chi connectivity index (χ3n) is 13.4. The van der Waals surface area contributed by atoms with Crippen molar-refractivity contribution in [1.29, 1.82) is 0 Å². The van der Waals surface area contributed by atoms with E-state index in [1.165, 1.54) is 24.3 Å². The summed E-state index contributed by atoms with van der Waals surface area (Å²) in [6.45, 7) is 13.5. The van der Waals surface area contributed by atoms with E-state index >= 15 is 0 Å². The lowest BCUT2D eigenvalue weighted by Gasteiger charge is -2.67. The Balaban J connectivity index is 1.18. The number of allylic oxidation sites excluding steroid dienone is 1. The first-order chi connectivity index (χ1) is 20.6. The van der Waals surface area contributed by atoms with Crippen LogP contribution in [0.15, 0.2) is 35.9 Å². The van der Waals surface area contributed by atoms with Crippen molar-refractivity contribution in [3.05, 3.63) is 47.0 Å². The Morgan fingerprint density at radius 3 is 2.16 bits per heavy atom. The fourth-order valence-corrected chi connectivity index (χ4v) is 11.5. The first-order valence-corrected chi connectivity index (χ1v) is 16.7. The Morgan fingerprint density at radius 1 is 0.864 bits per heavy atom. The molecular weight excluding hydrogens is 556 g/mol. The molecule has 1 aliphatic heterocycles. The molecule has 240 valence electrons. The number of carboxylic acids is 1. The van der Waals surface area contributed by atoms with Crippen molar-refractivity contribution in [1.82, 2.24) is 0 Å². The number of hydrogen-bond donors (Lipinski definition) is 2. The molecule has 10 atom stereocenters. The lowest BCUT2D eigenvalue weighted by Crippen LogP contribution is -2.62. The lowest BCUT2D eigenvalue weighted by molar-refractivity contribution is -0.202. The summed E-state index contributed by atoms with van der Waals surface area (Å²) in [5, 5.41) is 21.0. The fraction of sp³-hybridized carbons (Fsp3) is 0.703. The summed E-state index contributed by atoms with van der Waals surface area (Å²) in [4.78, 5) is 37.5. The lowest BCUT2D eigenvalue weighted by atomic mass is 9.38. The van der Waals surface area contributed by atoms with E-state index in [0.29, 0.717) is 35.7 Å². The van der Waals surface area contributed by atoms with E-state index in [1.54, 1.807) is 0 Å². The molecule has 0 bridgehead atoms. The van der Waals surface area contributed by atoms with Crippen molar-refractivity contribution in [2.75, 3.05) is 0 Å². The van der Waals surface area contributed by atoms with Gasteiger partial charge in [-0.3, -0.25) is 0 Å². The molecule has 1 saturated heterocycles. The summed E-state index contributed by atoms with van der Waals surface area (Å²) in [5.41, 5.74) is 0.284. The summed E-state index contributed by atoms with van der Waals surface area (Å²) in [7, 11) is 0. The highest BCUT2D eigenvalue weighted by atomic mass is 16.6. The number of rotatable bonds is 5. The van der Waals surface area contributed by atoms with Gasteiger partial charge in [0.1, 0.15) is 12.2 Å². The number of carboxylic acid groups (broad SMARTS) is 1. The van der Waals surface area contributed by atoms with Crippen LogP contribution in [0.2, 0.25) is 0 Å². The minimum atomic E-state index is -1.39. The number of cyclic esters (lactones) is 1. The summed E-state index contributed by atoms with van der Waals surface area (Å²) in [6.07, 6.45) is 9.82. The second kappa shape index (κ2) is 10.7. The molecule has 1 aromatic carbocycles. The number of carbonyl (C=O) groups excluding carboxylic acids is 2. The second-order valence-corrected chi connectivity index (χ2v) is 16.1. The zero-order valence-corrected chi connectivity index (χ0v) is 27.2. The molecule has 1 aromatic rings. The molecular formula is C37H50O7. The molecule has 7 nitrogen and oxygen atoms in total. The molecule has 2 N–H and O–H groups in total. The maximum Gasteiger partial charge on any atom is 0.339 e. The predicted molar refractivity (Wildman–Crippen MR) is 166 cm³/mol. The quantitative estimate of drug-likeness (QED) is 0.269. The molecule has 4 saturated carbocycles. The molecule has 4 aliphatic carbocycles. The zero-order chi connectivity index (χ0) is 31.8. The first kappa shape index (κ1) is 31.3. The van der Waals surface area contributed by atoms with Crippen LogP contribution in [0, 0.1) is 45.8 Å². The van der Waals surface area contributed by atoms with Gasteiger partial charge in [-0.05, 0) is 130 Å². The summed E-state index contributed by atoms with van der Waals surface area (Å²) in [5.74, 6) is -0.131. The second-order valence-electron chi connectivity index (χ2n) is 16.1. The van der Waals surface area contributed by atoms with Crippen LogP contribution in [0.25, 0.3) is 0 Å². The van der Waals surface area contributed by atoms with E-state index in [1.807, 2.05) is 19.9 Å². The molecule has 1 heterocycles. The van der Waals surface area contributed by atoms with Crippen LogP contribution in [-0.4, -0.2) is 45.9 Å². The minimum Gasteiger partial charge on any atom is -0.478 e. The zero-order valence-electron chi connectivity index (χ0n) is 27.2. The first-order valence-electron chi connectivity index (χ1n) is 16.7. The number of carbonyl (C=O) groups is 3. The van der Waals surface area contributed by atoms with E-state index in [2.05, 4.69) is 27.7 Å². The van der Waals surface area contributed by atoms with Gasteiger partial charge in [-0.1, -0.05) is 33.3 Å². The maximum absolute atomic E-state index is 13.2. The largest absolute Gasteiger partial charge is 0.478 e. The number of fused-ring (bicyclic) bond motifs is 5. The highest BCUT2D eigenvalue weighted by Gasteiger charge is 2.67. The van der Waals surface area contributed by atoms with Crippen LogP contribution in [0.5, 0.6) is 0 Å². The Hall–Kier alpha value is -2.67. The molecule has 7 heteroatoms. The Labute approximate surface area is 261 Å². The van der Waals surface area contributed by atoms with Crippen molar-refractivity contribution in [3.63, 3.8) is 0 Å². The van der Waals surface area contributed by atoms with Crippen LogP contribution >= 0.6 is 0 Å². The smallest absolute Gasteiger partial charge is 0.339 e. The van der Waals surface area contributed by atoms with Gasteiger partial charge in [0.25, 0.3) is 0 Å². The van der Waals surface area contributed by atoms with Crippen molar-refractivity contribution < 1.29 is 34.1 Å². The highest BCUT2D eigenvalue weighted by Crippen LogP contribution is 2.72. The van der Waals surface area contributed by atoms with Crippen LogP contribution in [0.3, 0.4) is 0 Å². The number of hydrogen-bond acceptors (Lipinski definition) is 6. The van der Waals surface area contributed by atoms with E-state index in [-0.39, 0.29) is 39.9 Å². The summed E-state index contributed by atoms with van der Waals surface area (Å²) >= 11 is 0. The van der Waals surface area contributed by atoms with Crippen molar-refractivity contribution in [2.24, 2.45) is 45.8 Å². The van der Waals surface area contributed by atoms with Gasteiger partial charge < -0.3 is 19.7 Å². The van der Waals surface area contributed by atoms with Crippen molar-refractivity contribution in [2.45, 2.75) is 117 Å².